The maximum atomic E-state index is 12.0. The molecular formula is C23H21ClN2O4. The Bertz CT molecular complexity index is 1020. The van der Waals surface area contributed by atoms with E-state index in [4.69, 9.17) is 21.1 Å². The number of ether oxygens (including phenoxy) is 2. The van der Waals surface area contributed by atoms with Gasteiger partial charge >= 0.3 is 0 Å². The van der Waals surface area contributed by atoms with Gasteiger partial charge in [-0.15, -0.1) is 0 Å². The van der Waals surface area contributed by atoms with Crippen molar-refractivity contribution in [1.82, 2.24) is 10.9 Å². The molecule has 154 valence electrons. The van der Waals surface area contributed by atoms with Crippen molar-refractivity contribution in [2.24, 2.45) is 0 Å². The molecule has 2 amide bonds. The summed E-state index contributed by atoms with van der Waals surface area (Å²) in [6, 6.07) is 22.3. The Balaban J connectivity index is 1.46. The first kappa shape index (κ1) is 21.2. The second-order valence-electron chi connectivity index (χ2n) is 6.45. The maximum Gasteiger partial charge on any atom is 0.276 e. The van der Waals surface area contributed by atoms with Crippen LogP contribution in [0.2, 0.25) is 5.02 Å². The summed E-state index contributed by atoms with van der Waals surface area (Å²) in [5.41, 5.74) is 7.27. The molecule has 2 N–H and O–H groups in total. The van der Waals surface area contributed by atoms with Crippen LogP contribution >= 0.6 is 11.6 Å². The van der Waals surface area contributed by atoms with E-state index in [1.807, 2.05) is 55.5 Å². The number of benzene rings is 3. The molecule has 0 saturated heterocycles. The van der Waals surface area contributed by atoms with E-state index in [2.05, 4.69) is 10.9 Å². The van der Waals surface area contributed by atoms with Gasteiger partial charge in [0, 0.05) is 10.6 Å². The van der Waals surface area contributed by atoms with Crippen LogP contribution in [0.4, 0.5) is 0 Å². The third-order valence-corrected chi connectivity index (χ3v) is 4.40. The number of aryl methyl sites for hydroxylation is 1. The molecule has 0 atom stereocenters. The van der Waals surface area contributed by atoms with Crippen LogP contribution in [0.5, 0.6) is 11.5 Å². The van der Waals surface area contributed by atoms with Crippen LogP contribution in [-0.2, 0) is 9.59 Å². The van der Waals surface area contributed by atoms with Crippen molar-refractivity contribution in [2.45, 2.75) is 6.92 Å². The molecule has 6 nitrogen and oxygen atoms in total. The molecular weight excluding hydrogens is 404 g/mol. The molecule has 0 aromatic heterocycles. The van der Waals surface area contributed by atoms with E-state index in [0.717, 1.165) is 16.7 Å². The number of nitrogens with one attached hydrogen (secondary N) is 2. The number of para-hydroxylation sites is 1. The van der Waals surface area contributed by atoms with Crippen LogP contribution in [0.25, 0.3) is 11.1 Å². The van der Waals surface area contributed by atoms with Crippen molar-refractivity contribution in [2.75, 3.05) is 13.2 Å². The summed E-state index contributed by atoms with van der Waals surface area (Å²) in [5.74, 6) is 0.129. The molecule has 30 heavy (non-hydrogen) atoms. The van der Waals surface area contributed by atoms with E-state index < -0.39 is 11.8 Å². The number of halogens is 1. The lowest BCUT2D eigenvalue weighted by molar-refractivity contribution is -0.131. The van der Waals surface area contributed by atoms with Gasteiger partial charge in [-0.1, -0.05) is 60.1 Å². The van der Waals surface area contributed by atoms with Gasteiger partial charge in [0.1, 0.15) is 11.5 Å². The number of amides is 2. The first-order chi connectivity index (χ1) is 14.5. The Kier molecular flexibility index (Phi) is 7.29. The van der Waals surface area contributed by atoms with Gasteiger partial charge < -0.3 is 9.47 Å². The Morgan fingerprint density at radius 2 is 1.40 bits per heavy atom. The van der Waals surface area contributed by atoms with Crippen molar-refractivity contribution in [3.8, 4) is 22.6 Å². The summed E-state index contributed by atoms with van der Waals surface area (Å²) in [7, 11) is 0. The predicted octanol–water partition coefficient (Wildman–Crippen LogP) is 3.92. The molecule has 3 rings (SSSR count). The zero-order valence-corrected chi connectivity index (χ0v) is 17.1. The highest BCUT2D eigenvalue weighted by Crippen LogP contribution is 2.29. The summed E-state index contributed by atoms with van der Waals surface area (Å²) in [6.07, 6.45) is 0. The smallest absolute Gasteiger partial charge is 0.276 e. The largest absolute Gasteiger partial charge is 0.483 e. The maximum absolute atomic E-state index is 12.0. The molecule has 0 heterocycles. The third-order valence-electron chi connectivity index (χ3n) is 4.17. The van der Waals surface area contributed by atoms with Crippen molar-refractivity contribution in [3.05, 3.63) is 83.4 Å². The average Bonchev–Trinajstić information content (AvgIpc) is 2.76. The van der Waals surface area contributed by atoms with Crippen molar-refractivity contribution in [3.63, 3.8) is 0 Å². The Morgan fingerprint density at radius 1 is 0.800 bits per heavy atom. The van der Waals surface area contributed by atoms with Crippen LogP contribution in [-0.4, -0.2) is 25.0 Å². The minimum Gasteiger partial charge on any atom is -0.483 e. The van der Waals surface area contributed by atoms with Gasteiger partial charge in [-0.2, -0.15) is 0 Å². The zero-order valence-electron chi connectivity index (χ0n) is 16.4. The first-order valence-corrected chi connectivity index (χ1v) is 9.64. The molecule has 7 heteroatoms. The van der Waals surface area contributed by atoms with Gasteiger partial charge in [0.25, 0.3) is 11.8 Å². The van der Waals surface area contributed by atoms with E-state index >= 15 is 0 Å². The lowest BCUT2D eigenvalue weighted by Crippen LogP contribution is -2.45. The SMILES string of the molecule is Cc1cc(Cl)ccc1OCC(=O)NNC(=O)COc1ccccc1-c1ccccc1. The average molecular weight is 425 g/mol. The van der Waals surface area contributed by atoms with Crippen LogP contribution in [0.1, 0.15) is 5.56 Å². The number of hydrazine groups is 1. The van der Waals surface area contributed by atoms with Crippen LogP contribution in [0.3, 0.4) is 0 Å². The molecule has 0 aliphatic heterocycles. The molecule has 0 fully saturated rings. The standard InChI is InChI=1S/C23H21ClN2O4/c1-16-13-18(24)11-12-20(16)29-14-22(27)25-26-23(28)15-30-21-10-6-5-9-19(21)17-7-3-2-4-8-17/h2-13H,14-15H2,1H3,(H,25,27)(H,26,28). The Morgan fingerprint density at radius 3 is 2.07 bits per heavy atom. The van der Waals surface area contributed by atoms with E-state index in [1.165, 1.54) is 0 Å². The van der Waals surface area contributed by atoms with Gasteiger partial charge in [0.05, 0.1) is 0 Å². The molecule has 0 spiro atoms. The number of rotatable bonds is 7. The molecule has 0 bridgehead atoms. The van der Waals surface area contributed by atoms with Gasteiger partial charge in [-0.3, -0.25) is 20.4 Å². The minimum atomic E-state index is -0.498. The quantitative estimate of drug-likeness (QED) is 0.563. The van der Waals surface area contributed by atoms with Gasteiger partial charge in [0.15, 0.2) is 13.2 Å². The fraction of sp³-hybridized carbons (Fsp3) is 0.130. The van der Waals surface area contributed by atoms with Crippen molar-refractivity contribution in [1.29, 1.82) is 0 Å². The molecule has 0 saturated carbocycles. The highest BCUT2D eigenvalue weighted by Gasteiger charge is 2.10. The fourth-order valence-electron chi connectivity index (χ4n) is 2.72. The van der Waals surface area contributed by atoms with E-state index in [0.29, 0.717) is 16.5 Å². The summed E-state index contributed by atoms with van der Waals surface area (Å²) in [4.78, 5) is 23.9. The number of hydrogen-bond acceptors (Lipinski definition) is 4. The fourth-order valence-corrected chi connectivity index (χ4v) is 2.95. The van der Waals surface area contributed by atoms with E-state index in [-0.39, 0.29) is 13.2 Å². The first-order valence-electron chi connectivity index (χ1n) is 9.27. The normalized spacial score (nSPS) is 10.2. The summed E-state index contributed by atoms with van der Waals surface area (Å²) in [6.45, 7) is 1.33. The number of hydrogen-bond donors (Lipinski definition) is 2. The molecule has 0 aliphatic rings. The molecule has 3 aromatic rings. The van der Waals surface area contributed by atoms with E-state index in [9.17, 15) is 9.59 Å². The predicted molar refractivity (Wildman–Crippen MR) is 115 cm³/mol. The molecule has 3 aromatic carbocycles. The Labute approximate surface area is 179 Å². The third kappa shape index (κ3) is 5.99. The number of carbonyl (C=O) groups is 2. The zero-order chi connectivity index (χ0) is 21.3. The highest BCUT2D eigenvalue weighted by molar-refractivity contribution is 6.30. The van der Waals surface area contributed by atoms with Crippen LogP contribution in [0.15, 0.2) is 72.8 Å². The highest BCUT2D eigenvalue weighted by atomic mass is 35.5. The summed E-state index contributed by atoms with van der Waals surface area (Å²) in [5, 5.41) is 0.588. The van der Waals surface area contributed by atoms with E-state index in [1.54, 1.807) is 24.3 Å². The summed E-state index contributed by atoms with van der Waals surface area (Å²) >= 11 is 5.89. The van der Waals surface area contributed by atoms with Crippen LogP contribution in [0, 0.1) is 6.92 Å². The second-order valence-corrected chi connectivity index (χ2v) is 6.88. The van der Waals surface area contributed by atoms with Gasteiger partial charge in [-0.05, 0) is 42.3 Å². The Hall–Kier alpha value is -3.51. The summed E-state index contributed by atoms with van der Waals surface area (Å²) < 4.78 is 11.1. The molecule has 0 radical (unpaired) electrons. The lowest BCUT2D eigenvalue weighted by Gasteiger charge is -2.13. The van der Waals surface area contributed by atoms with Crippen molar-refractivity contribution >= 4 is 23.4 Å². The topological polar surface area (TPSA) is 76.7 Å². The second kappa shape index (κ2) is 10.3. The molecule has 0 aliphatic carbocycles. The lowest BCUT2D eigenvalue weighted by atomic mass is 10.1. The molecule has 0 unspecified atom stereocenters. The van der Waals surface area contributed by atoms with Gasteiger partial charge in [0.2, 0.25) is 0 Å². The van der Waals surface area contributed by atoms with Crippen LogP contribution < -0.4 is 20.3 Å². The van der Waals surface area contributed by atoms with Gasteiger partial charge in [-0.25, -0.2) is 0 Å². The minimum absolute atomic E-state index is 0.249. The monoisotopic (exact) mass is 424 g/mol. The van der Waals surface area contributed by atoms with Crippen molar-refractivity contribution < 1.29 is 19.1 Å². The number of carbonyl (C=O) groups excluding carboxylic acids is 2.